The maximum atomic E-state index is 14.4. The standard InChI is InChI=1S/C22H18F4N4O/c1-10(2)13-9-22(21-30-29-20(31-21)19(25)26)7-6-11(13)12-8-16(27-28-18(12)22)17-14(23)4-3-5-15(17)24/h3-5,8-11,19H,6-7H2,1-2H3. The molecule has 2 atom stereocenters. The summed E-state index contributed by atoms with van der Waals surface area (Å²) in [6, 6.07) is 5.25. The van der Waals surface area contributed by atoms with E-state index in [1.165, 1.54) is 6.07 Å². The van der Waals surface area contributed by atoms with Crippen LogP contribution in [0.1, 0.15) is 62.1 Å². The molecule has 0 radical (unpaired) electrons. The third-order valence-corrected chi connectivity index (χ3v) is 6.16. The van der Waals surface area contributed by atoms with Gasteiger partial charge in [-0.2, -0.15) is 13.9 Å². The number of hydrogen-bond acceptors (Lipinski definition) is 5. The summed E-state index contributed by atoms with van der Waals surface area (Å²) in [6.45, 7) is 4.06. The first kappa shape index (κ1) is 19.8. The van der Waals surface area contributed by atoms with Gasteiger partial charge in [0.1, 0.15) is 17.0 Å². The van der Waals surface area contributed by atoms with E-state index in [0.717, 1.165) is 23.3 Å². The molecule has 6 rings (SSSR count). The number of allylic oxidation sites excluding steroid dienone is 2. The van der Waals surface area contributed by atoms with Gasteiger partial charge in [-0.3, -0.25) is 0 Å². The summed E-state index contributed by atoms with van der Waals surface area (Å²) in [4.78, 5) is 0. The number of rotatable bonds is 4. The van der Waals surface area contributed by atoms with Gasteiger partial charge in [-0.1, -0.05) is 31.6 Å². The van der Waals surface area contributed by atoms with Gasteiger partial charge in [0.05, 0.1) is 17.0 Å². The monoisotopic (exact) mass is 430 g/mol. The molecule has 0 fully saturated rings. The topological polar surface area (TPSA) is 64.7 Å². The van der Waals surface area contributed by atoms with E-state index in [1.807, 2.05) is 19.9 Å². The average Bonchev–Trinajstić information content (AvgIpc) is 3.25. The molecule has 0 amide bonds. The summed E-state index contributed by atoms with van der Waals surface area (Å²) in [7, 11) is 0. The van der Waals surface area contributed by atoms with Crippen LogP contribution >= 0.6 is 0 Å². The molecule has 0 aliphatic heterocycles. The van der Waals surface area contributed by atoms with Gasteiger partial charge in [0.25, 0.3) is 5.89 Å². The Labute approximate surface area is 175 Å². The van der Waals surface area contributed by atoms with E-state index in [2.05, 4.69) is 20.4 Å². The van der Waals surface area contributed by atoms with Crippen LogP contribution in [0, 0.1) is 17.6 Å². The number of aromatic nitrogens is 4. The van der Waals surface area contributed by atoms with Crippen LogP contribution in [0.2, 0.25) is 0 Å². The number of alkyl halides is 2. The van der Waals surface area contributed by atoms with Crippen molar-refractivity contribution >= 4 is 0 Å². The van der Waals surface area contributed by atoms with Crippen LogP contribution in [0.4, 0.5) is 17.6 Å². The van der Waals surface area contributed by atoms with Gasteiger partial charge in [0, 0.05) is 5.92 Å². The van der Waals surface area contributed by atoms with E-state index in [4.69, 9.17) is 4.42 Å². The molecular formula is C22H18F4N4O. The minimum absolute atomic E-state index is 0.0153. The molecular weight excluding hydrogens is 412 g/mol. The molecule has 1 aromatic carbocycles. The van der Waals surface area contributed by atoms with Crippen molar-refractivity contribution in [2.45, 2.75) is 44.4 Å². The van der Waals surface area contributed by atoms with E-state index in [9.17, 15) is 17.6 Å². The largest absolute Gasteiger partial charge is 0.418 e. The summed E-state index contributed by atoms with van der Waals surface area (Å²) in [5.74, 6) is -2.06. The van der Waals surface area contributed by atoms with Gasteiger partial charge in [-0.05, 0) is 42.5 Å². The quantitative estimate of drug-likeness (QED) is 0.404. The maximum absolute atomic E-state index is 14.4. The number of fused-ring (bicyclic) bond motifs is 1. The summed E-state index contributed by atoms with van der Waals surface area (Å²) in [6.07, 6.45) is 0.306. The number of benzene rings is 1. The molecule has 3 aliphatic carbocycles. The third kappa shape index (κ3) is 2.90. The Hall–Kier alpha value is -3.10. The Morgan fingerprint density at radius 2 is 1.81 bits per heavy atom. The molecule has 2 heterocycles. The minimum atomic E-state index is -2.89. The lowest BCUT2D eigenvalue weighted by Crippen LogP contribution is -2.40. The Balaban J connectivity index is 1.72. The zero-order valence-corrected chi connectivity index (χ0v) is 16.7. The van der Waals surface area contributed by atoms with Crippen molar-refractivity contribution in [3.63, 3.8) is 0 Å². The fourth-order valence-electron chi connectivity index (χ4n) is 4.74. The zero-order chi connectivity index (χ0) is 21.9. The van der Waals surface area contributed by atoms with Gasteiger partial charge in [0.2, 0.25) is 5.89 Å². The molecule has 0 saturated heterocycles. The van der Waals surface area contributed by atoms with Crippen molar-refractivity contribution < 1.29 is 22.0 Å². The van der Waals surface area contributed by atoms with Gasteiger partial charge >= 0.3 is 6.43 Å². The van der Waals surface area contributed by atoms with Crippen molar-refractivity contribution in [1.29, 1.82) is 0 Å². The minimum Gasteiger partial charge on any atom is -0.418 e. The van der Waals surface area contributed by atoms with Crippen LogP contribution in [-0.2, 0) is 5.41 Å². The number of nitrogens with zero attached hydrogens (tertiary/aromatic N) is 4. The lowest BCUT2D eigenvalue weighted by Gasteiger charge is -2.44. The fraction of sp³-hybridized carbons (Fsp3) is 0.364. The predicted molar refractivity (Wildman–Crippen MR) is 102 cm³/mol. The van der Waals surface area contributed by atoms with Gasteiger partial charge in [0.15, 0.2) is 0 Å². The Morgan fingerprint density at radius 3 is 2.45 bits per heavy atom. The van der Waals surface area contributed by atoms with Crippen LogP contribution in [0.25, 0.3) is 11.3 Å². The molecule has 2 aromatic heterocycles. The van der Waals surface area contributed by atoms with Crippen molar-refractivity contribution in [2.75, 3.05) is 0 Å². The summed E-state index contributed by atoms with van der Waals surface area (Å²) in [5, 5.41) is 15.8. The summed E-state index contributed by atoms with van der Waals surface area (Å²) >= 11 is 0. The molecule has 0 N–H and O–H groups in total. The first-order chi connectivity index (χ1) is 14.8. The molecule has 31 heavy (non-hydrogen) atoms. The highest BCUT2D eigenvalue weighted by Gasteiger charge is 2.51. The third-order valence-electron chi connectivity index (χ3n) is 6.16. The van der Waals surface area contributed by atoms with E-state index in [-0.39, 0.29) is 29.0 Å². The summed E-state index contributed by atoms with van der Waals surface area (Å²) < 4.78 is 60.2. The molecule has 3 aliphatic rings. The van der Waals surface area contributed by atoms with Gasteiger partial charge < -0.3 is 4.42 Å². The van der Waals surface area contributed by atoms with Crippen LogP contribution < -0.4 is 0 Å². The van der Waals surface area contributed by atoms with Crippen LogP contribution in [0.3, 0.4) is 0 Å². The van der Waals surface area contributed by atoms with Crippen LogP contribution in [-0.4, -0.2) is 20.4 Å². The van der Waals surface area contributed by atoms with Gasteiger partial charge in [-0.15, -0.1) is 15.3 Å². The van der Waals surface area contributed by atoms with Gasteiger partial charge in [-0.25, -0.2) is 8.78 Å². The summed E-state index contributed by atoms with van der Waals surface area (Å²) in [5.41, 5.74) is 1.16. The molecule has 160 valence electrons. The van der Waals surface area contributed by atoms with E-state index < -0.39 is 29.4 Å². The highest BCUT2D eigenvalue weighted by atomic mass is 19.3. The normalized spacial score (nSPS) is 22.2. The second kappa shape index (κ2) is 6.96. The van der Waals surface area contributed by atoms with Crippen molar-refractivity contribution in [3.05, 3.63) is 70.6 Å². The molecule has 2 unspecified atom stereocenters. The molecule has 2 bridgehead atoms. The van der Waals surface area contributed by atoms with E-state index in [1.54, 1.807) is 6.07 Å². The number of hydrogen-bond donors (Lipinski definition) is 0. The zero-order valence-electron chi connectivity index (χ0n) is 16.7. The fourth-order valence-corrected chi connectivity index (χ4v) is 4.74. The van der Waals surface area contributed by atoms with E-state index >= 15 is 0 Å². The molecule has 9 heteroatoms. The average molecular weight is 430 g/mol. The van der Waals surface area contributed by atoms with Crippen LogP contribution in [0.15, 0.2) is 40.3 Å². The smallest absolute Gasteiger partial charge is 0.314 e. The SMILES string of the molecule is CC(C)C1=CC2(c3nnc(C(F)F)o3)CCC1c1cc(-c3c(F)cccc3F)nnc12. The van der Waals surface area contributed by atoms with Crippen molar-refractivity contribution in [2.24, 2.45) is 5.92 Å². The maximum Gasteiger partial charge on any atom is 0.314 e. The first-order valence-electron chi connectivity index (χ1n) is 9.99. The Kier molecular flexibility index (Phi) is 4.46. The lowest BCUT2D eigenvalue weighted by atomic mass is 9.59. The second-order valence-electron chi connectivity index (χ2n) is 8.24. The first-order valence-corrected chi connectivity index (χ1v) is 9.99. The molecule has 3 aromatic rings. The predicted octanol–water partition coefficient (Wildman–Crippen LogP) is 5.50. The highest BCUT2D eigenvalue weighted by Crippen LogP contribution is 2.56. The van der Waals surface area contributed by atoms with Crippen LogP contribution in [0.5, 0.6) is 0 Å². The second-order valence-corrected chi connectivity index (χ2v) is 8.24. The molecule has 0 spiro atoms. The molecule has 5 nitrogen and oxygen atoms in total. The van der Waals surface area contributed by atoms with Crippen molar-refractivity contribution in [1.82, 2.24) is 20.4 Å². The van der Waals surface area contributed by atoms with Crippen molar-refractivity contribution in [3.8, 4) is 11.3 Å². The van der Waals surface area contributed by atoms with E-state index in [0.29, 0.717) is 18.5 Å². The molecule has 0 saturated carbocycles. The Bertz CT molecular complexity index is 1190. The number of halogens is 4. The highest BCUT2D eigenvalue weighted by molar-refractivity contribution is 5.64. The Morgan fingerprint density at radius 1 is 1.06 bits per heavy atom. The lowest BCUT2D eigenvalue weighted by molar-refractivity contribution is 0.111.